The van der Waals surface area contributed by atoms with E-state index in [4.69, 9.17) is 4.42 Å². The van der Waals surface area contributed by atoms with Gasteiger partial charge in [0.05, 0.1) is 21.8 Å². The zero-order valence-corrected chi connectivity index (χ0v) is 85.3. The maximum Gasteiger partial charge on any atom is 0.159 e. The summed E-state index contributed by atoms with van der Waals surface area (Å²) in [6.45, 7) is 0. The second-order valence-electron chi connectivity index (χ2n) is 37.3. The van der Waals surface area contributed by atoms with E-state index in [0.717, 1.165) is 113 Å². The van der Waals surface area contributed by atoms with Crippen LogP contribution in [-0.2, 0) is 0 Å². The van der Waals surface area contributed by atoms with Crippen LogP contribution in [-0.4, -0.2) is 0 Å². The summed E-state index contributed by atoms with van der Waals surface area (Å²) in [6.07, 6.45) is 0. The number of rotatable bonds is 20. The van der Waals surface area contributed by atoms with Gasteiger partial charge in [0.1, 0.15) is 5.58 Å². The minimum Gasteiger partial charge on any atom is -0.454 e. The van der Waals surface area contributed by atoms with Gasteiger partial charge in [0.15, 0.2) is 5.58 Å². The number of furan rings is 1. The second kappa shape index (κ2) is 39.6. The van der Waals surface area contributed by atoms with Crippen molar-refractivity contribution in [3.8, 4) is 22.3 Å². The van der Waals surface area contributed by atoms with Crippen molar-refractivity contribution in [3.05, 3.63) is 558 Å². The van der Waals surface area contributed by atoms with Crippen LogP contribution in [0.2, 0.25) is 0 Å². The monoisotopic (exact) mass is 2010 g/mol. The Hall–Kier alpha value is -18.2. The molecule has 6 heterocycles. The van der Waals surface area contributed by atoms with Crippen molar-refractivity contribution < 1.29 is 4.42 Å². The van der Waals surface area contributed by atoms with Crippen LogP contribution in [0.15, 0.2) is 563 Å². The number of hydrogen-bond donors (Lipinski definition) is 0. The average Bonchev–Trinajstić information content (AvgIpc) is 1.60. The van der Waals surface area contributed by atoms with E-state index in [1.807, 2.05) is 68.8 Å². The highest BCUT2D eigenvalue weighted by atomic mass is 32.1. The summed E-state index contributed by atoms with van der Waals surface area (Å²) in [7, 11) is 0. The van der Waals surface area contributed by atoms with Crippen LogP contribution in [0.25, 0.3) is 145 Å². The third-order valence-corrected chi connectivity index (χ3v) is 34.0. The Labute approximate surface area is 888 Å². The van der Waals surface area contributed by atoms with Crippen LogP contribution in [0, 0.1) is 0 Å². The maximum atomic E-state index is 6.60. The second-order valence-corrected chi connectivity index (χ2v) is 42.7. The third kappa shape index (κ3) is 17.1. The minimum absolute atomic E-state index is 0.874. The van der Waals surface area contributed by atoms with Gasteiger partial charge in [0, 0.05) is 192 Å². The van der Waals surface area contributed by atoms with Gasteiger partial charge in [-0.05, 0) is 265 Å². The number of benzene rings is 23. The fourth-order valence-corrected chi connectivity index (χ4v) is 27.1. The normalized spacial score (nSPS) is 11.5. The molecule has 0 radical (unpaired) electrons. The van der Waals surface area contributed by atoms with E-state index in [0.29, 0.717) is 0 Å². The van der Waals surface area contributed by atoms with Gasteiger partial charge in [0.25, 0.3) is 0 Å². The highest BCUT2D eigenvalue weighted by Gasteiger charge is 2.28. The SMILES string of the molecule is c1ccc(-c2ccc(N(c3ccc4c(c3)sc3ccc(N(c5ccccc5)c5ccccc5)cc34)c3cccc4c3oc3ccccc34)cc2)cc1.c1ccc(-c2ccc(N(c3ccc4c(c3)sc3ccc(N(c5ccccc5)c5ccccc5)cc34)c3cccc4sc5ccccc5c34)cc2)cc1.c1ccc(N(c2ccccc2)c2ccc3sc4cc(N(c5ccccc5)c5cccc6c5sc5ccccc56)ccc4c3c2)cc1. The molecule has 150 heavy (non-hydrogen) atoms. The summed E-state index contributed by atoms with van der Waals surface area (Å²) < 4.78 is 19.4. The van der Waals surface area contributed by atoms with Crippen LogP contribution in [0.5, 0.6) is 0 Å². The molecule has 0 N–H and O–H groups in total. The van der Waals surface area contributed by atoms with E-state index in [-0.39, 0.29) is 0 Å². The highest BCUT2D eigenvalue weighted by molar-refractivity contribution is 7.27. The molecule has 0 saturated carbocycles. The molecule has 29 aromatic rings. The molecule has 12 heteroatoms. The first-order valence-electron chi connectivity index (χ1n) is 50.5. The molecular formula is C138H92N6OS5. The summed E-state index contributed by atoms with van der Waals surface area (Å²) in [5.74, 6) is 0. The van der Waals surface area contributed by atoms with Crippen molar-refractivity contribution >= 4 is 282 Å². The molecule has 0 saturated heterocycles. The molecule has 0 fully saturated rings. The molecule has 0 unspecified atom stereocenters. The van der Waals surface area contributed by atoms with Gasteiger partial charge in [-0.1, -0.05) is 315 Å². The Morgan fingerprint density at radius 3 is 0.813 bits per heavy atom. The van der Waals surface area contributed by atoms with Crippen LogP contribution in [0.1, 0.15) is 0 Å². The molecule has 0 aliphatic rings. The molecule has 710 valence electrons. The quantitative estimate of drug-likeness (QED) is 0.0752. The number of fused-ring (bicyclic) bond motifs is 18. The summed E-state index contributed by atoms with van der Waals surface area (Å²) in [4.78, 5) is 14.2. The lowest BCUT2D eigenvalue weighted by Crippen LogP contribution is -2.10. The largest absolute Gasteiger partial charge is 0.454 e. The summed E-state index contributed by atoms with van der Waals surface area (Å²) in [5, 5.41) is 15.0. The van der Waals surface area contributed by atoms with Gasteiger partial charge in [-0.3, -0.25) is 0 Å². The van der Waals surface area contributed by atoms with Crippen molar-refractivity contribution in [2.45, 2.75) is 0 Å². The number of nitrogens with zero attached hydrogens (tertiary/aromatic N) is 6. The summed E-state index contributed by atoms with van der Waals surface area (Å²) in [6, 6.07) is 200. The molecular weight excluding hydrogens is 1920 g/mol. The van der Waals surface area contributed by atoms with Gasteiger partial charge < -0.3 is 33.8 Å². The van der Waals surface area contributed by atoms with Gasteiger partial charge in [0.2, 0.25) is 0 Å². The Morgan fingerprint density at radius 1 is 0.133 bits per heavy atom. The van der Waals surface area contributed by atoms with E-state index >= 15 is 0 Å². The van der Waals surface area contributed by atoms with Gasteiger partial charge in [-0.15, -0.1) is 56.7 Å². The van der Waals surface area contributed by atoms with Gasteiger partial charge in [-0.2, -0.15) is 0 Å². The van der Waals surface area contributed by atoms with Crippen molar-refractivity contribution in [1.29, 1.82) is 0 Å². The van der Waals surface area contributed by atoms with Crippen LogP contribution >= 0.6 is 56.7 Å². The molecule has 7 nitrogen and oxygen atoms in total. The Bertz CT molecular complexity index is 9860. The molecule has 6 aromatic heterocycles. The lowest BCUT2D eigenvalue weighted by molar-refractivity contribution is 0.669. The molecule has 29 rings (SSSR count). The average molecular weight is 2010 g/mol. The minimum atomic E-state index is 0.874. The topological polar surface area (TPSA) is 32.6 Å². The van der Waals surface area contributed by atoms with E-state index in [2.05, 4.69) is 575 Å². The van der Waals surface area contributed by atoms with Crippen molar-refractivity contribution in [3.63, 3.8) is 0 Å². The van der Waals surface area contributed by atoms with Crippen LogP contribution < -0.4 is 29.4 Å². The maximum absolute atomic E-state index is 6.60. The zero-order chi connectivity index (χ0) is 99.3. The molecule has 0 amide bonds. The summed E-state index contributed by atoms with van der Waals surface area (Å²) in [5.41, 5.74) is 26.9. The first-order chi connectivity index (χ1) is 74.4. The molecule has 0 bridgehead atoms. The number of thiophene rings is 5. The molecule has 0 spiro atoms. The molecule has 23 aromatic carbocycles. The van der Waals surface area contributed by atoms with Crippen LogP contribution in [0.4, 0.5) is 102 Å². The number of para-hydroxylation sites is 9. The molecule has 0 aliphatic carbocycles. The third-order valence-electron chi connectivity index (χ3n) is 28.3. The van der Waals surface area contributed by atoms with Crippen molar-refractivity contribution in [2.75, 3.05) is 29.4 Å². The predicted octanol–water partition coefficient (Wildman–Crippen LogP) is 43.0. The lowest BCUT2D eigenvalue weighted by atomic mass is 10.0. The van der Waals surface area contributed by atoms with Crippen molar-refractivity contribution in [2.24, 2.45) is 0 Å². The Morgan fingerprint density at radius 2 is 0.393 bits per heavy atom. The summed E-state index contributed by atoms with van der Waals surface area (Å²) >= 11 is 9.29. The van der Waals surface area contributed by atoms with E-state index in [1.165, 1.54) is 134 Å². The Kier molecular flexibility index (Phi) is 23.9. The van der Waals surface area contributed by atoms with E-state index < -0.39 is 0 Å². The standard InChI is InChI=1S/C48H32N2OS.C48H32N2S2.C42H28N2S2/c1-4-13-33(14-5-1)34-23-25-37(26-24-34)50(44-21-12-20-42-40-19-10-11-22-45(40)51-48(42)44)39-27-29-41-43-31-38(28-30-46(43)52-47(41)32-39)49(35-15-6-2-7-16-35)36-17-8-3-9-18-36;1-4-13-33(14-5-1)34-23-25-37(26-24-34)50(43-20-12-22-46-48(43)41-19-10-11-21-44(41)51-46)39-27-29-40-42-31-38(28-30-45(42)52-47(40)32-39)49(35-15-6-2-7-16-35)36-17-8-3-9-18-36;1-4-13-29(14-5-1)43(30-15-6-2-7-16-30)32-24-26-40-37(27-32)35-25-23-33(28-41(35)45-40)44(31-17-8-3-9-18-31)38-21-12-20-36-34-19-10-11-22-39(34)46-42(36)38/h2*1-32H;1-28H. The fourth-order valence-electron chi connectivity index (χ4n) is 21.4. The number of anilines is 18. The van der Waals surface area contributed by atoms with Crippen LogP contribution in [0.3, 0.4) is 0 Å². The fraction of sp³-hybridized carbons (Fsp3) is 0. The van der Waals surface area contributed by atoms with E-state index in [1.54, 1.807) is 0 Å². The van der Waals surface area contributed by atoms with Gasteiger partial charge >= 0.3 is 0 Å². The van der Waals surface area contributed by atoms with Gasteiger partial charge in [-0.25, -0.2) is 0 Å². The van der Waals surface area contributed by atoms with Crippen molar-refractivity contribution in [1.82, 2.24) is 0 Å². The van der Waals surface area contributed by atoms with E-state index in [9.17, 15) is 0 Å². The molecule has 0 aliphatic heterocycles. The highest BCUT2D eigenvalue weighted by Crippen LogP contribution is 2.54. The predicted molar refractivity (Wildman–Crippen MR) is 650 cm³/mol. The Balaban J connectivity index is 0.000000111. The molecule has 0 atom stereocenters. The smallest absolute Gasteiger partial charge is 0.159 e. The first kappa shape index (κ1) is 90.5. The number of hydrogen-bond acceptors (Lipinski definition) is 12. The lowest BCUT2D eigenvalue weighted by Gasteiger charge is -2.27. The zero-order valence-electron chi connectivity index (χ0n) is 81.2. The first-order valence-corrected chi connectivity index (χ1v) is 54.5.